The summed E-state index contributed by atoms with van der Waals surface area (Å²) in [5.74, 6) is 0. The fourth-order valence-electron chi connectivity index (χ4n) is 1.60. The number of para-hydroxylation sites is 1. The van der Waals surface area contributed by atoms with Crippen molar-refractivity contribution in [1.82, 2.24) is 0 Å². The van der Waals surface area contributed by atoms with Gasteiger partial charge in [-0.2, -0.15) is 0 Å². The summed E-state index contributed by atoms with van der Waals surface area (Å²) < 4.78 is 16.2. The lowest BCUT2D eigenvalue weighted by Gasteiger charge is -2.34. The first-order chi connectivity index (χ1) is 8.16. The van der Waals surface area contributed by atoms with Gasteiger partial charge in [0.25, 0.3) is 0 Å². The molecule has 1 atom stereocenters. The van der Waals surface area contributed by atoms with Gasteiger partial charge in [-0.15, -0.1) is 0 Å². The number of rotatable bonds is 7. The molecule has 1 unspecified atom stereocenters. The van der Waals surface area contributed by atoms with Gasteiger partial charge in [-0.3, -0.25) is 0 Å². The standard InChI is InChI=1S/C12H21NO3Si/c1-14-11(12(17,15-2)16-3)9-13-10-7-5-4-6-8-10/h4-8,11,13H,9H2,1-3,17H3. The molecule has 0 saturated heterocycles. The molecule has 0 amide bonds. The molecule has 1 aromatic rings. The summed E-state index contributed by atoms with van der Waals surface area (Å²) in [6.07, 6.45) is -0.135. The Kier molecular flexibility index (Phi) is 5.63. The average Bonchev–Trinajstić information content (AvgIpc) is 2.40. The van der Waals surface area contributed by atoms with Crippen molar-refractivity contribution < 1.29 is 14.2 Å². The van der Waals surface area contributed by atoms with Crippen molar-refractivity contribution in [3.63, 3.8) is 0 Å². The van der Waals surface area contributed by atoms with Crippen LogP contribution in [0.1, 0.15) is 0 Å². The van der Waals surface area contributed by atoms with Gasteiger partial charge in [0.1, 0.15) is 6.10 Å². The molecule has 0 saturated carbocycles. The van der Waals surface area contributed by atoms with E-state index in [4.69, 9.17) is 14.2 Å². The lowest BCUT2D eigenvalue weighted by atomic mass is 10.3. The van der Waals surface area contributed by atoms with Crippen molar-refractivity contribution in [2.24, 2.45) is 0 Å². The number of ether oxygens (including phenoxy) is 3. The lowest BCUT2D eigenvalue weighted by molar-refractivity contribution is -0.203. The van der Waals surface area contributed by atoms with Gasteiger partial charge < -0.3 is 19.5 Å². The molecule has 0 aliphatic heterocycles. The maximum atomic E-state index is 5.44. The van der Waals surface area contributed by atoms with Crippen LogP contribution in [0.25, 0.3) is 0 Å². The Bertz CT molecular complexity index is 317. The summed E-state index contributed by atoms with van der Waals surface area (Å²) in [5, 5.41) is 3.31. The third-order valence-electron chi connectivity index (χ3n) is 2.95. The predicted molar refractivity (Wildman–Crippen MR) is 72.4 cm³/mol. The van der Waals surface area contributed by atoms with Crippen LogP contribution in [0.15, 0.2) is 30.3 Å². The fourth-order valence-corrected chi connectivity index (χ4v) is 2.04. The lowest BCUT2D eigenvalue weighted by Crippen LogP contribution is -2.50. The van der Waals surface area contributed by atoms with Gasteiger partial charge in [0.05, 0.1) is 10.2 Å². The quantitative estimate of drug-likeness (QED) is 0.566. The molecule has 1 rings (SSSR count). The van der Waals surface area contributed by atoms with Crippen LogP contribution >= 0.6 is 0 Å². The summed E-state index contributed by atoms with van der Waals surface area (Å²) in [6.45, 7) is 0.645. The van der Waals surface area contributed by atoms with Crippen LogP contribution in [0.4, 0.5) is 5.69 Å². The molecule has 0 bridgehead atoms. The molecule has 0 aliphatic rings. The van der Waals surface area contributed by atoms with Crippen molar-refractivity contribution in [2.45, 2.75) is 11.5 Å². The fraction of sp³-hybridized carbons (Fsp3) is 0.500. The third-order valence-corrected chi connectivity index (χ3v) is 4.41. The summed E-state index contributed by atoms with van der Waals surface area (Å²) in [6, 6.07) is 10.00. The summed E-state index contributed by atoms with van der Waals surface area (Å²) in [4.78, 5) is 0. The van der Waals surface area contributed by atoms with E-state index in [1.807, 2.05) is 30.3 Å². The van der Waals surface area contributed by atoms with E-state index in [0.717, 1.165) is 15.9 Å². The first-order valence-electron chi connectivity index (χ1n) is 5.58. The predicted octanol–water partition coefficient (Wildman–Crippen LogP) is 0.425. The summed E-state index contributed by atoms with van der Waals surface area (Å²) in [7, 11) is 5.69. The minimum absolute atomic E-state index is 0.135. The first-order valence-corrected chi connectivity index (χ1v) is 6.58. The second-order valence-corrected chi connectivity index (χ2v) is 5.29. The molecule has 1 aromatic carbocycles. The number of hydrogen-bond acceptors (Lipinski definition) is 4. The van der Waals surface area contributed by atoms with Gasteiger partial charge in [0.2, 0.25) is 0 Å². The van der Waals surface area contributed by atoms with E-state index < -0.39 is 5.41 Å². The molecular formula is C12H21NO3Si. The van der Waals surface area contributed by atoms with E-state index in [0.29, 0.717) is 6.54 Å². The van der Waals surface area contributed by atoms with Gasteiger partial charge in [0.15, 0.2) is 5.41 Å². The normalized spacial score (nSPS) is 13.6. The zero-order valence-corrected chi connectivity index (χ0v) is 12.9. The van der Waals surface area contributed by atoms with Crippen LogP contribution in [-0.2, 0) is 14.2 Å². The van der Waals surface area contributed by atoms with Crippen LogP contribution in [0.3, 0.4) is 0 Å². The van der Waals surface area contributed by atoms with E-state index in [9.17, 15) is 0 Å². The minimum Gasteiger partial charge on any atom is -0.382 e. The van der Waals surface area contributed by atoms with Gasteiger partial charge in [0, 0.05) is 33.6 Å². The highest BCUT2D eigenvalue weighted by molar-refractivity contribution is 6.13. The van der Waals surface area contributed by atoms with E-state index in [2.05, 4.69) is 5.32 Å². The molecular weight excluding hydrogens is 234 g/mol. The molecule has 0 aromatic heterocycles. The molecule has 96 valence electrons. The smallest absolute Gasteiger partial charge is 0.167 e. The Hall–Kier alpha value is -0.883. The van der Waals surface area contributed by atoms with Crippen LogP contribution in [0, 0.1) is 0 Å². The van der Waals surface area contributed by atoms with Crippen molar-refractivity contribution in [3.8, 4) is 0 Å². The third kappa shape index (κ3) is 3.81. The molecule has 0 heterocycles. The number of benzene rings is 1. The minimum atomic E-state index is -0.615. The zero-order valence-electron chi connectivity index (χ0n) is 10.9. The van der Waals surface area contributed by atoms with Crippen LogP contribution in [-0.4, -0.2) is 49.6 Å². The Morgan fingerprint density at radius 3 is 2.24 bits per heavy atom. The largest absolute Gasteiger partial charge is 0.382 e. The molecule has 0 aliphatic carbocycles. The molecule has 1 N–H and O–H groups in total. The topological polar surface area (TPSA) is 39.7 Å². The number of methoxy groups -OCH3 is 3. The highest BCUT2D eigenvalue weighted by Gasteiger charge is 2.33. The van der Waals surface area contributed by atoms with Crippen molar-refractivity contribution in [2.75, 3.05) is 33.2 Å². The number of nitrogens with one attached hydrogen (secondary N) is 1. The summed E-state index contributed by atoms with van der Waals surface area (Å²) >= 11 is 0. The SMILES string of the molecule is COC(CNc1ccccc1)C([SiH3])(OC)OC. The van der Waals surface area contributed by atoms with Crippen LogP contribution in [0.2, 0.25) is 0 Å². The second kappa shape index (κ2) is 6.76. The van der Waals surface area contributed by atoms with E-state index >= 15 is 0 Å². The molecule has 4 nitrogen and oxygen atoms in total. The van der Waals surface area contributed by atoms with Gasteiger partial charge in [-0.25, -0.2) is 0 Å². The van der Waals surface area contributed by atoms with E-state index in [1.54, 1.807) is 21.3 Å². The van der Waals surface area contributed by atoms with Crippen molar-refractivity contribution in [3.05, 3.63) is 30.3 Å². The first kappa shape index (κ1) is 14.2. The van der Waals surface area contributed by atoms with E-state index in [1.165, 1.54) is 0 Å². The average molecular weight is 255 g/mol. The summed E-state index contributed by atoms with van der Waals surface area (Å²) in [5.41, 5.74) is 0.446. The molecule has 5 heteroatoms. The molecule has 0 spiro atoms. The maximum absolute atomic E-state index is 5.44. The molecule has 17 heavy (non-hydrogen) atoms. The van der Waals surface area contributed by atoms with Crippen molar-refractivity contribution in [1.29, 1.82) is 0 Å². The zero-order chi connectivity index (χ0) is 12.7. The van der Waals surface area contributed by atoms with Crippen LogP contribution < -0.4 is 5.32 Å². The highest BCUT2D eigenvalue weighted by atomic mass is 28.1. The Morgan fingerprint density at radius 2 is 1.76 bits per heavy atom. The van der Waals surface area contributed by atoms with Gasteiger partial charge in [-0.1, -0.05) is 18.2 Å². The van der Waals surface area contributed by atoms with Crippen molar-refractivity contribution >= 4 is 15.9 Å². The van der Waals surface area contributed by atoms with Gasteiger partial charge in [-0.05, 0) is 12.1 Å². The van der Waals surface area contributed by atoms with E-state index in [-0.39, 0.29) is 6.10 Å². The second-order valence-electron chi connectivity index (χ2n) is 3.90. The Labute approximate surface area is 106 Å². The number of anilines is 1. The molecule has 0 radical (unpaired) electrons. The maximum Gasteiger partial charge on any atom is 0.167 e. The Morgan fingerprint density at radius 1 is 1.18 bits per heavy atom. The molecule has 0 fully saturated rings. The highest BCUT2D eigenvalue weighted by Crippen LogP contribution is 2.16. The monoisotopic (exact) mass is 255 g/mol. The van der Waals surface area contributed by atoms with Gasteiger partial charge >= 0.3 is 0 Å². The van der Waals surface area contributed by atoms with Crippen LogP contribution in [0.5, 0.6) is 0 Å². The Balaban J connectivity index is 2.59. The number of hydrogen-bond donors (Lipinski definition) is 1.